The molecule has 18 heavy (non-hydrogen) atoms. The molecule has 2 rings (SSSR count). The Labute approximate surface area is 113 Å². The molecule has 94 valence electrons. The highest BCUT2D eigenvalue weighted by Gasteiger charge is 2.05. The van der Waals surface area contributed by atoms with Gasteiger partial charge in [0.25, 0.3) is 0 Å². The van der Waals surface area contributed by atoms with E-state index in [1.54, 1.807) is 18.2 Å². The molecular weight excluding hydrogens is 299 g/mol. The van der Waals surface area contributed by atoms with E-state index in [0.717, 1.165) is 16.9 Å². The third kappa shape index (κ3) is 2.98. The van der Waals surface area contributed by atoms with E-state index in [-0.39, 0.29) is 11.6 Å². The average molecular weight is 311 g/mol. The number of hydrogen-bond acceptors (Lipinski definition) is 3. The molecule has 0 radical (unpaired) electrons. The van der Waals surface area contributed by atoms with E-state index in [4.69, 9.17) is 5.11 Å². The summed E-state index contributed by atoms with van der Waals surface area (Å²) < 4.78 is 13.7. The van der Waals surface area contributed by atoms with Crippen molar-refractivity contribution in [2.24, 2.45) is 0 Å². The van der Waals surface area contributed by atoms with Crippen LogP contribution in [0.3, 0.4) is 0 Å². The number of nitrogens with one attached hydrogen (secondary N) is 1. The van der Waals surface area contributed by atoms with Gasteiger partial charge in [-0.15, -0.1) is 0 Å². The number of anilines is 1. The lowest BCUT2D eigenvalue weighted by Gasteiger charge is -2.10. The highest BCUT2D eigenvalue weighted by Crippen LogP contribution is 2.24. The highest BCUT2D eigenvalue weighted by atomic mass is 79.9. The molecule has 0 atom stereocenters. The molecule has 2 aromatic rings. The molecule has 0 spiro atoms. The number of aromatic hydroxyl groups is 1. The van der Waals surface area contributed by atoms with Gasteiger partial charge in [-0.3, -0.25) is 4.98 Å². The van der Waals surface area contributed by atoms with E-state index in [0.29, 0.717) is 11.0 Å². The van der Waals surface area contributed by atoms with Crippen molar-refractivity contribution in [2.75, 3.05) is 5.32 Å². The minimum atomic E-state index is -0.277. The predicted molar refractivity (Wildman–Crippen MR) is 72.1 cm³/mol. The van der Waals surface area contributed by atoms with Gasteiger partial charge in [0.05, 0.1) is 22.9 Å². The summed E-state index contributed by atoms with van der Waals surface area (Å²) in [4.78, 5) is 4.06. The Balaban J connectivity index is 2.10. The molecular formula is C13H12BrFN2O. The zero-order chi connectivity index (χ0) is 13.1. The van der Waals surface area contributed by atoms with Gasteiger partial charge in [-0.1, -0.05) is 0 Å². The fraction of sp³-hybridized carbons (Fsp3) is 0.154. The largest absolute Gasteiger partial charge is 0.506 e. The Morgan fingerprint density at radius 2 is 2.17 bits per heavy atom. The van der Waals surface area contributed by atoms with Crippen LogP contribution in [0.5, 0.6) is 5.75 Å². The van der Waals surface area contributed by atoms with Gasteiger partial charge in [-0.25, -0.2) is 4.39 Å². The molecule has 0 saturated carbocycles. The van der Waals surface area contributed by atoms with Crippen molar-refractivity contribution in [1.29, 1.82) is 0 Å². The Hall–Kier alpha value is -1.62. The fourth-order valence-corrected chi connectivity index (χ4v) is 1.89. The standard InChI is InChI=1S/C13H12BrFN2O/c1-8-4-12(15)11(14)5-13(8)17-6-9-2-3-10(18)7-16-9/h2-5,7,17-18H,6H2,1H3. The van der Waals surface area contributed by atoms with Crippen molar-refractivity contribution in [3.8, 4) is 5.75 Å². The minimum Gasteiger partial charge on any atom is -0.506 e. The van der Waals surface area contributed by atoms with Crippen LogP contribution in [-0.2, 0) is 6.54 Å². The summed E-state index contributed by atoms with van der Waals surface area (Å²) in [6.07, 6.45) is 1.39. The molecule has 1 heterocycles. The lowest BCUT2D eigenvalue weighted by atomic mass is 10.2. The van der Waals surface area contributed by atoms with E-state index >= 15 is 0 Å². The maximum absolute atomic E-state index is 13.3. The van der Waals surface area contributed by atoms with E-state index in [1.807, 2.05) is 6.92 Å². The van der Waals surface area contributed by atoms with Crippen molar-refractivity contribution in [1.82, 2.24) is 4.98 Å². The summed E-state index contributed by atoms with van der Waals surface area (Å²) in [6.45, 7) is 2.35. The second-order valence-electron chi connectivity index (χ2n) is 3.94. The quantitative estimate of drug-likeness (QED) is 0.910. The SMILES string of the molecule is Cc1cc(F)c(Br)cc1NCc1ccc(O)cn1. The molecule has 1 aromatic carbocycles. The summed E-state index contributed by atoms with van der Waals surface area (Å²) in [5.74, 6) is -0.139. The Morgan fingerprint density at radius 1 is 1.39 bits per heavy atom. The summed E-state index contributed by atoms with van der Waals surface area (Å²) in [6, 6.07) is 6.48. The third-order valence-electron chi connectivity index (χ3n) is 2.54. The average Bonchev–Trinajstić information content (AvgIpc) is 2.34. The Morgan fingerprint density at radius 3 is 2.83 bits per heavy atom. The number of hydrogen-bond donors (Lipinski definition) is 2. The van der Waals surface area contributed by atoms with Gasteiger partial charge >= 0.3 is 0 Å². The normalized spacial score (nSPS) is 10.4. The number of nitrogens with zero attached hydrogens (tertiary/aromatic N) is 1. The number of aromatic nitrogens is 1. The molecule has 0 bridgehead atoms. The fourth-order valence-electron chi connectivity index (χ4n) is 1.54. The smallest absolute Gasteiger partial charge is 0.137 e. The number of rotatable bonds is 3. The molecule has 0 amide bonds. The lowest BCUT2D eigenvalue weighted by Crippen LogP contribution is -2.03. The van der Waals surface area contributed by atoms with Gasteiger partial charge in [-0.05, 0) is 52.7 Å². The van der Waals surface area contributed by atoms with Crippen LogP contribution < -0.4 is 5.32 Å². The van der Waals surface area contributed by atoms with Gasteiger partial charge < -0.3 is 10.4 Å². The molecule has 0 aliphatic carbocycles. The molecule has 0 aliphatic heterocycles. The first kappa shape index (κ1) is 12.8. The molecule has 0 unspecified atom stereocenters. The van der Waals surface area contributed by atoms with Gasteiger partial charge in [0.1, 0.15) is 11.6 Å². The third-order valence-corrected chi connectivity index (χ3v) is 3.14. The molecule has 2 N–H and O–H groups in total. The van der Waals surface area contributed by atoms with Gasteiger partial charge in [0.2, 0.25) is 0 Å². The van der Waals surface area contributed by atoms with Crippen molar-refractivity contribution in [2.45, 2.75) is 13.5 Å². The van der Waals surface area contributed by atoms with Crippen LogP contribution in [0.25, 0.3) is 0 Å². The van der Waals surface area contributed by atoms with Gasteiger partial charge in [0, 0.05) is 5.69 Å². The van der Waals surface area contributed by atoms with E-state index in [1.165, 1.54) is 12.3 Å². The van der Waals surface area contributed by atoms with Crippen LogP contribution in [0.15, 0.2) is 34.9 Å². The van der Waals surface area contributed by atoms with Crippen LogP contribution in [-0.4, -0.2) is 10.1 Å². The number of benzene rings is 1. The zero-order valence-corrected chi connectivity index (χ0v) is 11.3. The maximum atomic E-state index is 13.3. The summed E-state index contributed by atoms with van der Waals surface area (Å²) >= 11 is 3.15. The van der Waals surface area contributed by atoms with E-state index in [2.05, 4.69) is 26.2 Å². The molecule has 0 fully saturated rings. The summed E-state index contributed by atoms with van der Waals surface area (Å²) in [7, 11) is 0. The minimum absolute atomic E-state index is 0.138. The second-order valence-corrected chi connectivity index (χ2v) is 4.80. The van der Waals surface area contributed by atoms with Gasteiger partial charge in [-0.2, -0.15) is 0 Å². The van der Waals surface area contributed by atoms with Crippen molar-refractivity contribution in [3.63, 3.8) is 0 Å². The molecule has 0 saturated heterocycles. The highest BCUT2D eigenvalue weighted by molar-refractivity contribution is 9.10. The number of pyridine rings is 1. The first-order chi connectivity index (χ1) is 8.56. The van der Waals surface area contributed by atoms with Crippen LogP contribution in [0.2, 0.25) is 0 Å². The van der Waals surface area contributed by atoms with E-state index in [9.17, 15) is 4.39 Å². The number of halogens is 2. The molecule has 0 aliphatic rings. The Bertz CT molecular complexity index is 558. The second kappa shape index (κ2) is 5.35. The monoisotopic (exact) mass is 310 g/mol. The maximum Gasteiger partial charge on any atom is 0.137 e. The lowest BCUT2D eigenvalue weighted by molar-refractivity contribution is 0.472. The van der Waals surface area contributed by atoms with Crippen molar-refractivity contribution < 1.29 is 9.50 Å². The van der Waals surface area contributed by atoms with Gasteiger partial charge in [0.15, 0.2) is 0 Å². The molecule has 3 nitrogen and oxygen atoms in total. The van der Waals surface area contributed by atoms with E-state index < -0.39 is 0 Å². The van der Waals surface area contributed by atoms with Crippen LogP contribution >= 0.6 is 15.9 Å². The molecule has 1 aromatic heterocycles. The zero-order valence-electron chi connectivity index (χ0n) is 9.74. The van der Waals surface area contributed by atoms with Crippen molar-refractivity contribution in [3.05, 3.63) is 52.0 Å². The first-order valence-corrected chi connectivity index (χ1v) is 6.19. The van der Waals surface area contributed by atoms with Crippen LogP contribution in [0.1, 0.15) is 11.3 Å². The Kier molecular flexibility index (Phi) is 3.81. The number of aryl methyl sites for hydroxylation is 1. The topological polar surface area (TPSA) is 45.1 Å². The molecule has 5 heteroatoms. The first-order valence-electron chi connectivity index (χ1n) is 5.39. The predicted octanol–water partition coefficient (Wildman–Crippen LogP) is 3.61. The van der Waals surface area contributed by atoms with Crippen LogP contribution in [0, 0.1) is 12.7 Å². The van der Waals surface area contributed by atoms with Crippen molar-refractivity contribution >= 4 is 21.6 Å². The van der Waals surface area contributed by atoms with Crippen LogP contribution in [0.4, 0.5) is 10.1 Å². The summed E-state index contributed by atoms with van der Waals surface area (Å²) in [5, 5.41) is 12.3. The summed E-state index contributed by atoms with van der Waals surface area (Å²) in [5.41, 5.74) is 2.47.